The molecule has 0 spiro atoms. The highest BCUT2D eigenvalue weighted by Crippen LogP contribution is 2.27. The molecular weight excluding hydrogens is 198 g/mol. The molecule has 0 unspecified atom stereocenters. The molecular formula is C14H19NO. The Bertz CT molecular complexity index is 384. The number of benzene rings is 1. The van der Waals surface area contributed by atoms with Crippen LogP contribution in [-0.2, 0) is 0 Å². The first-order valence-electron chi connectivity index (χ1n) is 6.05. The molecule has 0 radical (unpaired) electrons. The van der Waals surface area contributed by atoms with Gasteiger partial charge in [-0.1, -0.05) is 26.0 Å². The van der Waals surface area contributed by atoms with E-state index in [2.05, 4.69) is 24.8 Å². The van der Waals surface area contributed by atoms with E-state index in [1.165, 1.54) is 6.42 Å². The van der Waals surface area contributed by atoms with Crippen molar-refractivity contribution in [1.29, 1.82) is 0 Å². The fraction of sp³-hybridized carbons (Fsp3) is 0.500. The van der Waals surface area contributed by atoms with Gasteiger partial charge in [-0.25, -0.2) is 0 Å². The van der Waals surface area contributed by atoms with Crippen LogP contribution in [0.3, 0.4) is 0 Å². The first-order chi connectivity index (χ1) is 7.68. The van der Waals surface area contributed by atoms with E-state index in [0.717, 1.165) is 24.3 Å². The lowest BCUT2D eigenvalue weighted by Crippen LogP contribution is -2.33. The SMILES string of the molecule is CC(C)CCN1CCC(=O)c2ccccc21. The van der Waals surface area contributed by atoms with Gasteiger partial charge in [0.1, 0.15) is 0 Å². The Morgan fingerprint density at radius 1 is 1.31 bits per heavy atom. The van der Waals surface area contributed by atoms with Crippen LogP contribution in [0.1, 0.15) is 37.0 Å². The third kappa shape index (κ3) is 2.26. The van der Waals surface area contributed by atoms with Crippen LogP contribution < -0.4 is 4.90 Å². The summed E-state index contributed by atoms with van der Waals surface area (Å²) in [7, 11) is 0. The maximum absolute atomic E-state index is 11.7. The molecule has 0 aromatic heterocycles. The Kier molecular flexibility index (Phi) is 3.28. The Hall–Kier alpha value is -1.31. The highest BCUT2D eigenvalue weighted by Gasteiger charge is 2.21. The Morgan fingerprint density at radius 3 is 2.81 bits per heavy atom. The van der Waals surface area contributed by atoms with Crippen LogP contribution in [0.15, 0.2) is 24.3 Å². The lowest BCUT2D eigenvalue weighted by atomic mass is 9.99. The summed E-state index contributed by atoms with van der Waals surface area (Å²) in [6, 6.07) is 7.97. The molecule has 1 aliphatic rings. The van der Waals surface area contributed by atoms with E-state index in [9.17, 15) is 4.79 Å². The van der Waals surface area contributed by atoms with Crippen LogP contribution in [0, 0.1) is 5.92 Å². The highest BCUT2D eigenvalue weighted by atomic mass is 16.1. The Morgan fingerprint density at radius 2 is 2.06 bits per heavy atom. The minimum absolute atomic E-state index is 0.288. The molecule has 2 heteroatoms. The van der Waals surface area contributed by atoms with Gasteiger partial charge in [0.25, 0.3) is 0 Å². The Balaban J connectivity index is 2.18. The number of para-hydroxylation sites is 1. The molecule has 2 rings (SSSR count). The molecule has 0 amide bonds. The molecule has 2 nitrogen and oxygen atoms in total. The van der Waals surface area contributed by atoms with Crippen molar-refractivity contribution in [2.75, 3.05) is 18.0 Å². The van der Waals surface area contributed by atoms with Gasteiger partial charge in [0, 0.05) is 30.8 Å². The van der Waals surface area contributed by atoms with Crippen molar-refractivity contribution in [3.05, 3.63) is 29.8 Å². The van der Waals surface area contributed by atoms with Gasteiger partial charge in [0.15, 0.2) is 5.78 Å². The van der Waals surface area contributed by atoms with Crippen LogP contribution in [0.2, 0.25) is 0 Å². The summed E-state index contributed by atoms with van der Waals surface area (Å²) in [6.07, 6.45) is 1.84. The van der Waals surface area contributed by atoms with Crippen LogP contribution in [0.5, 0.6) is 0 Å². The Labute approximate surface area is 97.3 Å². The van der Waals surface area contributed by atoms with Crippen LogP contribution in [0.4, 0.5) is 5.69 Å². The van der Waals surface area contributed by atoms with E-state index in [-0.39, 0.29) is 5.78 Å². The van der Waals surface area contributed by atoms with Crippen molar-refractivity contribution in [2.24, 2.45) is 5.92 Å². The molecule has 0 N–H and O–H groups in total. The fourth-order valence-corrected chi connectivity index (χ4v) is 2.12. The summed E-state index contributed by atoms with van der Waals surface area (Å²) >= 11 is 0. The number of carbonyl (C=O) groups excluding carboxylic acids is 1. The highest BCUT2D eigenvalue weighted by molar-refractivity contribution is 6.03. The third-order valence-corrected chi connectivity index (χ3v) is 3.13. The van der Waals surface area contributed by atoms with E-state index in [4.69, 9.17) is 0 Å². The zero-order chi connectivity index (χ0) is 11.5. The van der Waals surface area contributed by atoms with E-state index in [0.29, 0.717) is 12.3 Å². The van der Waals surface area contributed by atoms with Gasteiger partial charge < -0.3 is 4.90 Å². The number of nitrogens with zero attached hydrogens (tertiary/aromatic N) is 1. The summed E-state index contributed by atoms with van der Waals surface area (Å²) in [5.74, 6) is 1.00. The number of rotatable bonds is 3. The number of fused-ring (bicyclic) bond motifs is 1. The topological polar surface area (TPSA) is 20.3 Å². The second-order valence-corrected chi connectivity index (χ2v) is 4.86. The average molecular weight is 217 g/mol. The zero-order valence-corrected chi connectivity index (χ0v) is 10.1. The first kappa shape index (κ1) is 11.2. The molecule has 86 valence electrons. The van der Waals surface area contributed by atoms with Gasteiger partial charge in [-0.2, -0.15) is 0 Å². The molecule has 0 saturated heterocycles. The molecule has 16 heavy (non-hydrogen) atoms. The zero-order valence-electron chi connectivity index (χ0n) is 10.1. The first-order valence-corrected chi connectivity index (χ1v) is 6.05. The minimum atomic E-state index is 0.288. The normalized spacial score (nSPS) is 15.4. The number of ketones is 1. The van der Waals surface area contributed by atoms with Gasteiger partial charge in [-0.3, -0.25) is 4.79 Å². The quantitative estimate of drug-likeness (QED) is 0.775. The predicted octanol–water partition coefficient (Wildman–Crippen LogP) is 3.13. The van der Waals surface area contributed by atoms with Gasteiger partial charge in [0.2, 0.25) is 0 Å². The van der Waals surface area contributed by atoms with E-state index in [1.54, 1.807) is 0 Å². The maximum atomic E-state index is 11.7. The second-order valence-electron chi connectivity index (χ2n) is 4.86. The van der Waals surface area contributed by atoms with Crippen LogP contribution in [-0.4, -0.2) is 18.9 Å². The van der Waals surface area contributed by atoms with Crippen molar-refractivity contribution in [3.63, 3.8) is 0 Å². The van der Waals surface area contributed by atoms with Crippen molar-refractivity contribution in [1.82, 2.24) is 0 Å². The van der Waals surface area contributed by atoms with Crippen LogP contribution in [0.25, 0.3) is 0 Å². The molecule has 1 aromatic carbocycles. The number of hydrogen-bond acceptors (Lipinski definition) is 2. The third-order valence-electron chi connectivity index (χ3n) is 3.13. The predicted molar refractivity (Wildman–Crippen MR) is 67.1 cm³/mol. The summed E-state index contributed by atoms with van der Waals surface area (Å²) in [6.45, 7) is 6.41. The number of hydrogen-bond donors (Lipinski definition) is 0. The van der Waals surface area contributed by atoms with Gasteiger partial charge in [0.05, 0.1) is 0 Å². The van der Waals surface area contributed by atoms with E-state index in [1.807, 2.05) is 18.2 Å². The molecule has 0 aliphatic carbocycles. The maximum Gasteiger partial charge on any atom is 0.166 e. The van der Waals surface area contributed by atoms with Crippen molar-refractivity contribution in [2.45, 2.75) is 26.7 Å². The minimum Gasteiger partial charge on any atom is -0.370 e. The van der Waals surface area contributed by atoms with Gasteiger partial charge in [-0.05, 0) is 24.5 Å². The molecule has 0 fully saturated rings. The fourth-order valence-electron chi connectivity index (χ4n) is 2.12. The number of Topliss-reactive ketones (excluding diaryl/α,β-unsaturated/α-hetero) is 1. The van der Waals surface area contributed by atoms with Crippen molar-refractivity contribution in [3.8, 4) is 0 Å². The largest absolute Gasteiger partial charge is 0.370 e. The molecule has 1 aromatic rings. The summed E-state index contributed by atoms with van der Waals surface area (Å²) in [5.41, 5.74) is 2.02. The molecule has 0 bridgehead atoms. The lowest BCUT2D eigenvalue weighted by Gasteiger charge is -2.31. The molecule has 0 atom stereocenters. The van der Waals surface area contributed by atoms with Gasteiger partial charge >= 0.3 is 0 Å². The van der Waals surface area contributed by atoms with Gasteiger partial charge in [-0.15, -0.1) is 0 Å². The average Bonchev–Trinajstić information content (AvgIpc) is 2.28. The standard InChI is InChI=1S/C14H19NO/c1-11(2)7-9-15-10-8-14(16)12-5-3-4-6-13(12)15/h3-6,11H,7-10H2,1-2H3. The lowest BCUT2D eigenvalue weighted by molar-refractivity contribution is 0.0980. The summed E-state index contributed by atoms with van der Waals surface area (Å²) in [5, 5.41) is 0. The molecule has 1 heterocycles. The van der Waals surface area contributed by atoms with Crippen LogP contribution >= 0.6 is 0 Å². The summed E-state index contributed by atoms with van der Waals surface area (Å²) < 4.78 is 0. The van der Waals surface area contributed by atoms with E-state index >= 15 is 0 Å². The van der Waals surface area contributed by atoms with Crippen molar-refractivity contribution < 1.29 is 4.79 Å². The molecule has 0 saturated carbocycles. The number of anilines is 1. The van der Waals surface area contributed by atoms with E-state index < -0.39 is 0 Å². The number of carbonyl (C=O) groups is 1. The molecule has 1 aliphatic heterocycles. The summed E-state index contributed by atoms with van der Waals surface area (Å²) in [4.78, 5) is 14.1. The van der Waals surface area contributed by atoms with Crippen molar-refractivity contribution >= 4 is 11.5 Å². The smallest absolute Gasteiger partial charge is 0.166 e. The monoisotopic (exact) mass is 217 g/mol. The second kappa shape index (κ2) is 4.69.